The fraction of sp³-hybridized carbons (Fsp3) is 0.364. The van der Waals surface area contributed by atoms with E-state index in [-0.39, 0.29) is 12.4 Å². The zero-order valence-corrected chi connectivity index (χ0v) is 10.9. The van der Waals surface area contributed by atoms with Crippen molar-refractivity contribution in [3.8, 4) is 11.8 Å². The molecule has 0 amide bonds. The second-order valence-electron chi connectivity index (χ2n) is 3.54. The molecule has 0 saturated carbocycles. The highest BCUT2D eigenvalue weighted by Crippen LogP contribution is 2.19. The summed E-state index contributed by atoms with van der Waals surface area (Å²) in [5, 5.41) is 8.73. The van der Waals surface area contributed by atoms with E-state index in [1.54, 1.807) is 18.2 Å². The highest BCUT2D eigenvalue weighted by atomic mass is 35.7. The van der Waals surface area contributed by atoms with Crippen LogP contribution in [0.3, 0.4) is 0 Å². The van der Waals surface area contributed by atoms with Crippen LogP contribution in [0.1, 0.15) is 17.5 Å². The SMILES string of the molecule is Cc1ccc(C#N)cc1OCCCS(=O)(=O)Cl. The molecule has 1 aromatic carbocycles. The molecule has 0 aliphatic carbocycles. The topological polar surface area (TPSA) is 67.2 Å². The lowest BCUT2D eigenvalue weighted by atomic mass is 10.1. The molecule has 6 heteroatoms. The Morgan fingerprint density at radius 3 is 2.76 bits per heavy atom. The van der Waals surface area contributed by atoms with Crippen molar-refractivity contribution >= 4 is 19.7 Å². The molecule has 0 saturated heterocycles. The molecule has 0 aliphatic rings. The first-order valence-electron chi connectivity index (χ1n) is 4.98. The zero-order valence-electron chi connectivity index (χ0n) is 9.31. The van der Waals surface area contributed by atoms with Crippen LogP contribution in [0.15, 0.2) is 18.2 Å². The van der Waals surface area contributed by atoms with Crippen LogP contribution in [0.2, 0.25) is 0 Å². The number of aryl methyl sites for hydroxylation is 1. The van der Waals surface area contributed by atoms with Gasteiger partial charge in [0.2, 0.25) is 9.05 Å². The minimum absolute atomic E-state index is 0.120. The summed E-state index contributed by atoms with van der Waals surface area (Å²) in [4.78, 5) is 0. The van der Waals surface area contributed by atoms with Gasteiger partial charge in [0.15, 0.2) is 0 Å². The fourth-order valence-electron chi connectivity index (χ4n) is 1.24. The van der Waals surface area contributed by atoms with Crippen molar-refractivity contribution in [3.05, 3.63) is 29.3 Å². The average molecular weight is 274 g/mol. The lowest BCUT2D eigenvalue weighted by Gasteiger charge is -2.08. The van der Waals surface area contributed by atoms with Gasteiger partial charge < -0.3 is 4.74 Å². The molecule has 4 nitrogen and oxygen atoms in total. The standard InChI is InChI=1S/C11H12ClNO3S/c1-9-3-4-10(8-13)7-11(9)16-5-2-6-17(12,14)15/h3-4,7H,2,5-6H2,1H3. The molecule has 0 bridgehead atoms. The smallest absolute Gasteiger partial charge is 0.232 e. The Hall–Kier alpha value is -1.25. The number of hydrogen-bond acceptors (Lipinski definition) is 4. The third kappa shape index (κ3) is 5.07. The van der Waals surface area contributed by atoms with E-state index in [1.807, 2.05) is 13.0 Å². The molecule has 0 unspecified atom stereocenters. The first-order valence-corrected chi connectivity index (χ1v) is 7.46. The number of benzene rings is 1. The van der Waals surface area contributed by atoms with Crippen LogP contribution in [0.4, 0.5) is 0 Å². The molecule has 92 valence electrons. The quantitative estimate of drug-likeness (QED) is 0.609. The Morgan fingerprint density at radius 2 is 2.18 bits per heavy atom. The first-order chi connectivity index (χ1) is 7.92. The molecule has 0 N–H and O–H groups in total. The van der Waals surface area contributed by atoms with Crippen molar-refractivity contribution in [1.82, 2.24) is 0 Å². The van der Waals surface area contributed by atoms with E-state index < -0.39 is 9.05 Å². The van der Waals surface area contributed by atoms with Crippen molar-refractivity contribution < 1.29 is 13.2 Å². The molecule has 0 spiro atoms. The molecule has 0 heterocycles. The Bertz CT molecular complexity index is 534. The molecule has 17 heavy (non-hydrogen) atoms. The third-order valence-corrected chi connectivity index (χ3v) is 3.35. The molecule has 1 aromatic rings. The van der Waals surface area contributed by atoms with E-state index in [9.17, 15) is 8.42 Å². The molecule has 0 fully saturated rings. The number of nitriles is 1. The van der Waals surface area contributed by atoms with Gasteiger partial charge in [-0.25, -0.2) is 8.42 Å². The monoisotopic (exact) mass is 273 g/mol. The summed E-state index contributed by atoms with van der Waals surface area (Å²) in [6.45, 7) is 2.11. The van der Waals surface area contributed by atoms with Gasteiger partial charge in [-0.15, -0.1) is 0 Å². The van der Waals surface area contributed by atoms with Crippen LogP contribution in [0, 0.1) is 18.3 Å². The van der Waals surface area contributed by atoms with Crippen LogP contribution < -0.4 is 4.74 Å². The highest BCUT2D eigenvalue weighted by Gasteiger charge is 2.06. The van der Waals surface area contributed by atoms with Gasteiger partial charge in [0.1, 0.15) is 5.75 Å². The van der Waals surface area contributed by atoms with Gasteiger partial charge in [-0.05, 0) is 31.0 Å². The van der Waals surface area contributed by atoms with Crippen LogP contribution >= 0.6 is 10.7 Å². The van der Waals surface area contributed by atoms with E-state index in [0.29, 0.717) is 17.7 Å². The van der Waals surface area contributed by atoms with E-state index in [4.69, 9.17) is 20.7 Å². The molecule has 0 radical (unpaired) electrons. The molecule has 0 atom stereocenters. The van der Waals surface area contributed by atoms with Crippen LogP contribution in [0.25, 0.3) is 0 Å². The maximum Gasteiger partial charge on any atom is 0.232 e. The Kier molecular flexibility index (Phi) is 4.79. The van der Waals surface area contributed by atoms with Crippen LogP contribution in [-0.2, 0) is 9.05 Å². The Labute approximate surface area is 105 Å². The minimum Gasteiger partial charge on any atom is -0.493 e. The number of hydrogen-bond donors (Lipinski definition) is 0. The molecule has 0 aromatic heterocycles. The Morgan fingerprint density at radius 1 is 1.47 bits per heavy atom. The van der Waals surface area contributed by atoms with Gasteiger partial charge in [0.25, 0.3) is 0 Å². The van der Waals surface area contributed by atoms with Crippen molar-refractivity contribution in [2.45, 2.75) is 13.3 Å². The maximum atomic E-state index is 10.7. The predicted octanol–water partition coefficient (Wildman–Crippen LogP) is 2.20. The molecular weight excluding hydrogens is 262 g/mol. The summed E-state index contributed by atoms with van der Waals surface area (Å²) in [7, 11) is 1.61. The van der Waals surface area contributed by atoms with Gasteiger partial charge >= 0.3 is 0 Å². The normalized spacial score (nSPS) is 10.9. The largest absolute Gasteiger partial charge is 0.493 e. The highest BCUT2D eigenvalue weighted by molar-refractivity contribution is 8.13. The van der Waals surface area contributed by atoms with Gasteiger partial charge in [-0.1, -0.05) is 6.07 Å². The van der Waals surface area contributed by atoms with Crippen LogP contribution in [-0.4, -0.2) is 20.8 Å². The zero-order chi connectivity index (χ0) is 12.9. The summed E-state index contributed by atoms with van der Waals surface area (Å²) in [6, 6.07) is 7.13. The third-order valence-electron chi connectivity index (χ3n) is 2.11. The number of halogens is 1. The second-order valence-corrected chi connectivity index (χ2v) is 6.43. The average Bonchev–Trinajstić information content (AvgIpc) is 2.25. The summed E-state index contributed by atoms with van der Waals surface area (Å²) in [5.41, 5.74) is 1.41. The van der Waals surface area contributed by atoms with Crippen molar-refractivity contribution in [2.75, 3.05) is 12.4 Å². The summed E-state index contributed by atoms with van der Waals surface area (Å²) in [5.74, 6) is 0.474. The lowest BCUT2D eigenvalue weighted by Crippen LogP contribution is -2.05. The minimum atomic E-state index is -3.46. The summed E-state index contributed by atoms with van der Waals surface area (Å²) >= 11 is 0. The van der Waals surface area contributed by atoms with E-state index in [0.717, 1.165) is 5.56 Å². The van der Waals surface area contributed by atoms with Crippen molar-refractivity contribution in [3.63, 3.8) is 0 Å². The van der Waals surface area contributed by atoms with Gasteiger partial charge in [-0.2, -0.15) is 5.26 Å². The van der Waals surface area contributed by atoms with E-state index in [2.05, 4.69) is 0 Å². The number of rotatable bonds is 5. The number of ether oxygens (including phenoxy) is 1. The second kappa shape index (κ2) is 5.89. The fourth-order valence-corrected chi connectivity index (χ4v) is 2.03. The van der Waals surface area contributed by atoms with Gasteiger partial charge in [-0.3, -0.25) is 0 Å². The number of nitrogens with zero attached hydrogens (tertiary/aromatic N) is 1. The Balaban J connectivity index is 2.55. The summed E-state index contributed by atoms with van der Waals surface area (Å²) in [6.07, 6.45) is 0.321. The maximum absolute atomic E-state index is 10.7. The van der Waals surface area contributed by atoms with Crippen molar-refractivity contribution in [2.24, 2.45) is 0 Å². The lowest BCUT2D eigenvalue weighted by molar-refractivity contribution is 0.315. The molecule has 0 aliphatic heterocycles. The molecular formula is C11H12ClNO3S. The van der Waals surface area contributed by atoms with Crippen LogP contribution in [0.5, 0.6) is 5.75 Å². The molecule has 1 rings (SSSR count). The summed E-state index contributed by atoms with van der Waals surface area (Å²) < 4.78 is 26.8. The van der Waals surface area contributed by atoms with Gasteiger partial charge in [0.05, 0.1) is 24.0 Å². The van der Waals surface area contributed by atoms with E-state index >= 15 is 0 Å². The predicted molar refractivity (Wildman–Crippen MR) is 65.6 cm³/mol. The van der Waals surface area contributed by atoms with E-state index in [1.165, 1.54) is 0 Å². The van der Waals surface area contributed by atoms with Gasteiger partial charge in [0, 0.05) is 10.7 Å². The van der Waals surface area contributed by atoms with Crippen molar-refractivity contribution in [1.29, 1.82) is 5.26 Å². The first kappa shape index (κ1) is 13.8.